The van der Waals surface area contributed by atoms with Gasteiger partial charge in [-0.25, -0.2) is 0 Å². The van der Waals surface area contributed by atoms with E-state index in [1.165, 1.54) is 6.42 Å². The normalized spacial score (nSPS) is 27.6. The largest absolute Gasteiger partial charge is 0.355 e. The zero-order valence-corrected chi connectivity index (χ0v) is 14.4. The minimum absolute atomic E-state index is 0.154. The lowest BCUT2D eigenvalue weighted by molar-refractivity contribution is -0.132. The summed E-state index contributed by atoms with van der Waals surface area (Å²) in [5.41, 5.74) is 0.568. The van der Waals surface area contributed by atoms with Gasteiger partial charge in [0.25, 0.3) is 0 Å². The van der Waals surface area contributed by atoms with Crippen LogP contribution in [-0.4, -0.2) is 39.7 Å². The molecule has 2 aliphatic rings. The SMILES string of the molecule is CC[C@@]1(C(=O)NCCc2nc(-c3cccnc3)no2)C[C@@H]2CC[C@H]1N2. The Morgan fingerprint density at radius 2 is 2.40 bits per heavy atom. The number of carbonyl (C=O) groups excluding carboxylic acids is 1. The molecule has 7 nitrogen and oxygen atoms in total. The van der Waals surface area contributed by atoms with Gasteiger partial charge in [0.1, 0.15) is 0 Å². The molecule has 7 heteroatoms. The molecule has 2 saturated heterocycles. The predicted octanol–water partition coefficient (Wildman–Crippen LogP) is 1.71. The third-order valence-electron chi connectivity index (χ3n) is 5.61. The van der Waals surface area contributed by atoms with Gasteiger partial charge in [0.05, 0.1) is 5.41 Å². The maximum absolute atomic E-state index is 12.8. The molecule has 2 aromatic rings. The van der Waals surface area contributed by atoms with Crippen molar-refractivity contribution in [3.63, 3.8) is 0 Å². The molecule has 25 heavy (non-hydrogen) atoms. The average molecular weight is 341 g/mol. The fraction of sp³-hybridized carbons (Fsp3) is 0.556. The van der Waals surface area contributed by atoms with E-state index >= 15 is 0 Å². The molecule has 0 aromatic carbocycles. The first-order valence-electron chi connectivity index (χ1n) is 8.98. The Bertz CT molecular complexity index is 747. The summed E-state index contributed by atoms with van der Waals surface area (Å²) in [7, 11) is 0. The second kappa shape index (κ2) is 6.55. The van der Waals surface area contributed by atoms with Gasteiger partial charge in [-0.05, 0) is 37.8 Å². The first-order chi connectivity index (χ1) is 12.2. The number of carbonyl (C=O) groups is 1. The van der Waals surface area contributed by atoms with Crippen LogP contribution in [0, 0.1) is 5.41 Å². The Labute approximate surface area is 146 Å². The molecule has 2 fully saturated rings. The summed E-state index contributed by atoms with van der Waals surface area (Å²) < 4.78 is 5.27. The molecule has 2 N–H and O–H groups in total. The van der Waals surface area contributed by atoms with Crippen LogP contribution in [0.5, 0.6) is 0 Å². The van der Waals surface area contributed by atoms with Gasteiger partial charge in [-0.1, -0.05) is 12.1 Å². The van der Waals surface area contributed by atoms with E-state index in [4.69, 9.17) is 4.52 Å². The van der Waals surface area contributed by atoms with Crippen molar-refractivity contribution in [2.75, 3.05) is 6.54 Å². The van der Waals surface area contributed by atoms with Crippen LogP contribution < -0.4 is 10.6 Å². The van der Waals surface area contributed by atoms with Crippen LogP contribution in [0.15, 0.2) is 29.0 Å². The lowest BCUT2D eigenvalue weighted by Gasteiger charge is -2.34. The second-order valence-corrected chi connectivity index (χ2v) is 6.97. The monoisotopic (exact) mass is 341 g/mol. The van der Waals surface area contributed by atoms with Crippen molar-refractivity contribution < 1.29 is 9.32 Å². The Morgan fingerprint density at radius 3 is 3.08 bits per heavy atom. The summed E-state index contributed by atoms with van der Waals surface area (Å²) in [5.74, 6) is 1.20. The van der Waals surface area contributed by atoms with Gasteiger partial charge in [0, 0.05) is 43.0 Å². The second-order valence-electron chi connectivity index (χ2n) is 6.97. The molecule has 0 unspecified atom stereocenters. The summed E-state index contributed by atoms with van der Waals surface area (Å²) >= 11 is 0. The van der Waals surface area contributed by atoms with Crippen LogP contribution in [0.1, 0.15) is 38.5 Å². The number of rotatable bonds is 6. The van der Waals surface area contributed by atoms with Crippen LogP contribution >= 0.6 is 0 Å². The fourth-order valence-corrected chi connectivity index (χ4v) is 4.23. The van der Waals surface area contributed by atoms with Crippen LogP contribution in [-0.2, 0) is 11.2 Å². The number of nitrogens with zero attached hydrogens (tertiary/aromatic N) is 3. The van der Waals surface area contributed by atoms with E-state index in [-0.39, 0.29) is 11.3 Å². The van der Waals surface area contributed by atoms with Gasteiger partial charge in [-0.3, -0.25) is 9.78 Å². The molecule has 132 valence electrons. The van der Waals surface area contributed by atoms with Gasteiger partial charge >= 0.3 is 0 Å². The first-order valence-corrected chi connectivity index (χ1v) is 8.98. The Kier molecular flexibility index (Phi) is 4.25. The summed E-state index contributed by atoms with van der Waals surface area (Å²) in [6, 6.07) is 4.55. The van der Waals surface area contributed by atoms with Crippen molar-refractivity contribution in [3.8, 4) is 11.4 Å². The van der Waals surface area contributed by atoms with E-state index in [9.17, 15) is 4.79 Å². The van der Waals surface area contributed by atoms with Crippen LogP contribution in [0.3, 0.4) is 0 Å². The van der Waals surface area contributed by atoms with Crippen LogP contribution in [0.4, 0.5) is 0 Å². The number of fused-ring (bicyclic) bond motifs is 2. The zero-order chi connectivity index (χ0) is 17.3. The van der Waals surface area contributed by atoms with Crippen molar-refractivity contribution in [2.45, 2.75) is 51.1 Å². The van der Waals surface area contributed by atoms with E-state index in [0.29, 0.717) is 36.8 Å². The number of aromatic nitrogens is 3. The molecule has 1 amide bonds. The third-order valence-corrected chi connectivity index (χ3v) is 5.61. The fourth-order valence-electron chi connectivity index (χ4n) is 4.23. The molecule has 4 rings (SSSR count). The number of hydrogen-bond donors (Lipinski definition) is 2. The molecule has 0 radical (unpaired) electrons. The predicted molar refractivity (Wildman–Crippen MR) is 91.5 cm³/mol. The van der Waals surface area contributed by atoms with Crippen molar-refractivity contribution in [1.29, 1.82) is 0 Å². The van der Waals surface area contributed by atoms with E-state index in [1.807, 2.05) is 12.1 Å². The first kappa shape index (κ1) is 16.2. The highest BCUT2D eigenvalue weighted by molar-refractivity contribution is 5.84. The lowest BCUT2D eigenvalue weighted by atomic mass is 9.71. The molecular weight excluding hydrogens is 318 g/mol. The van der Waals surface area contributed by atoms with Crippen molar-refractivity contribution >= 4 is 5.91 Å². The Morgan fingerprint density at radius 1 is 1.48 bits per heavy atom. The molecule has 3 atom stereocenters. The lowest BCUT2D eigenvalue weighted by Crippen LogP contribution is -2.48. The molecular formula is C18H23N5O2. The highest BCUT2D eigenvalue weighted by Gasteiger charge is 2.54. The van der Waals surface area contributed by atoms with E-state index in [1.54, 1.807) is 12.4 Å². The van der Waals surface area contributed by atoms with Crippen molar-refractivity contribution in [1.82, 2.24) is 25.8 Å². The number of pyridine rings is 1. The molecule has 2 aromatic heterocycles. The molecule has 0 spiro atoms. The topological polar surface area (TPSA) is 92.9 Å². The Hall–Kier alpha value is -2.28. The van der Waals surface area contributed by atoms with Gasteiger partial charge in [0.2, 0.25) is 17.6 Å². The number of nitrogens with one attached hydrogen (secondary N) is 2. The highest BCUT2D eigenvalue weighted by atomic mass is 16.5. The minimum Gasteiger partial charge on any atom is -0.355 e. The molecule has 0 aliphatic carbocycles. The van der Waals surface area contributed by atoms with Gasteiger partial charge in [-0.15, -0.1) is 0 Å². The third kappa shape index (κ3) is 2.93. The quantitative estimate of drug-likeness (QED) is 0.831. The van der Waals surface area contributed by atoms with Crippen molar-refractivity contribution in [2.24, 2.45) is 5.41 Å². The summed E-state index contributed by atoms with van der Waals surface area (Å²) in [6.07, 6.45) is 8.05. The molecule has 0 saturated carbocycles. The smallest absolute Gasteiger partial charge is 0.228 e. The molecule has 2 bridgehead atoms. The van der Waals surface area contributed by atoms with E-state index in [0.717, 1.165) is 24.8 Å². The van der Waals surface area contributed by atoms with Crippen LogP contribution in [0.2, 0.25) is 0 Å². The van der Waals surface area contributed by atoms with E-state index in [2.05, 4.69) is 32.7 Å². The van der Waals surface area contributed by atoms with E-state index < -0.39 is 0 Å². The number of hydrogen-bond acceptors (Lipinski definition) is 6. The average Bonchev–Trinajstić information content (AvgIpc) is 3.38. The van der Waals surface area contributed by atoms with Gasteiger partial charge in [-0.2, -0.15) is 4.98 Å². The van der Waals surface area contributed by atoms with Crippen molar-refractivity contribution in [3.05, 3.63) is 30.4 Å². The molecule has 4 heterocycles. The summed E-state index contributed by atoms with van der Waals surface area (Å²) in [5, 5.41) is 10.6. The number of amides is 1. The minimum atomic E-state index is -0.251. The van der Waals surface area contributed by atoms with Gasteiger partial charge < -0.3 is 15.2 Å². The maximum Gasteiger partial charge on any atom is 0.228 e. The van der Waals surface area contributed by atoms with Crippen LogP contribution in [0.25, 0.3) is 11.4 Å². The maximum atomic E-state index is 12.8. The zero-order valence-electron chi connectivity index (χ0n) is 14.4. The Balaban J connectivity index is 1.34. The highest BCUT2D eigenvalue weighted by Crippen LogP contribution is 2.45. The van der Waals surface area contributed by atoms with Gasteiger partial charge in [0.15, 0.2) is 0 Å². The summed E-state index contributed by atoms with van der Waals surface area (Å²) in [4.78, 5) is 21.2. The molecule has 2 aliphatic heterocycles. The standard InChI is InChI=1S/C18H23N5O2/c1-2-18(10-13-5-6-14(18)21-13)17(24)20-9-7-15-22-16(23-25-15)12-4-3-8-19-11-12/h3-4,8,11,13-14,21H,2,5-7,9-10H2,1H3,(H,20,24)/t13-,14+,18+/m0/s1. The summed E-state index contributed by atoms with van der Waals surface area (Å²) in [6.45, 7) is 2.62.